The number of unbranched alkanes of at least 4 members (excludes halogenated alkanes) is 50. The van der Waals surface area contributed by atoms with Crippen LogP contribution in [0.4, 0.5) is 0 Å². The third-order valence-corrected chi connectivity index (χ3v) is 19.0. The van der Waals surface area contributed by atoms with E-state index < -0.39 is 67.4 Å². The molecule has 1 fully saturated rings. The molecule has 1 amide bonds. The molecule has 11 heteroatoms. The molecule has 0 aliphatic carbocycles. The van der Waals surface area contributed by atoms with Gasteiger partial charge in [0.25, 0.3) is 0 Å². The number of aliphatic hydroxyl groups is 5. The Hall–Kier alpha value is -2.38. The third kappa shape index (κ3) is 54.7. The quantitative estimate of drug-likeness (QED) is 0.0195. The highest BCUT2D eigenvalue weighted by Crippen LogP contribution is 2.27. The summed E-state index contributed by atoms with van der Waals surface area (Å²) in [6, 6.07) is -1.02. The Morgan fingerprint density at radius 2 is 0.750 bits per heavy atom. The number of amides is 1. The molecule has 1 rings (SSSR count). The highest BCUT2D eigenvalue weighted by molar-refractivity contribution is 5.80. The highest BCUT2D eigenvalue weighted by atomic mass is 16.7. The molecule has 1 aliphatic heterocycles. The molecule has 92 heavy (non-hydrogen) atoms. The number of hydrogen-bond acceptors (Lipinski definition) is 10. The molecule has 8 atom stereocenters. The molecule has 1 heterocycles. The molecule has 0 aromatic rings. The minimum absolute atomic E-state index is 0.128. The van der Waals surface area contributed by atoms with Gasteiger partial charge < -0.3 is 45.1 Å². The number of rotatable bonds is 70. The first kappa shape index (κ1) is 87.6. The van der Waals surface area contributed by atoms with Gasteiger partial charge in [0.1, 0.15) is 24.4 Å². The smallest absolute Gasteiger partial charge is 0.306 e. The standard InChI is InChI=1S/C81H151NO10/c1-4-7-10-13-16-19-22-25-27-29-31-33-35-37-38-39-41-43-45-47-49-51-54-57-60-63-66-69-76(86)92-79-78(88)77(87)75(70-83)91-81(79)90-71-72(73(84)67-64-61-58-55-52-24-21-18-15-12-9-6-3)82-80(89)74(85)68-65-62-59-56-53-50-48-46-44-42-40-36-34-32-30-28-26-23-20-17-14-11-8-5-2/h17,20,25-28,64,67,72-75,77-79,81,83-85,87-88H,4-16,18-19,21-24,29-63,65-66,68-71H2,1-3H3,(H,82,89)/b20-17-,27-25+,28-26-,67-64+. The van der Waals surface area contributed by atoms with Crippen molar-refractivity contribution in [3.63, 3.8) is 0 Å². The van der Waals surface area contributed by atoms with Crippen molar-refractivity contribution in [3.05, 3.63) is 48.6 Å². The van der Waals surface area contributed by atoms with Gasteiger partial charge in [0.05, 0.1) is 25.4 Å². The Balaban J connectivity index is 2.48. The van der Waals surface area contributed by atoms with E-state index in [1.807, 2.05) is 6.08 Å². The summed E-state index contributed by atoms with van der Waals surface area (Å²) >= 11 is 0. The summed E-state index contributed by atoms with van der Waals surface area (Å²) in [5, 5.41) is 57.4. The molecule has 0 bridgehead atoms. The zero-order chi connectivity index (χ0) is 66.7. The molecule has 1 aliphatic rings. The van der Waals surface area contributed by atoms with Gasteiger partial charge in [-0.25, -0.2) is 0 Å². The SMILES string of the molecule is CCCCC/C=C\C/C=C\CCCCCCCCCCCCCCCCC(O)C(=O)NC(COC1OC(CO)C(O)C(O)C1OC(=O)CCCCCCCCCCCCCCCCCCC/C=C/CCCCCCCC)C(O)/C=C/CCCCCCCCCCCC. The minimum atomic E-state index is -1.61. The molecule has 0 radical (unpaired) electrons. The molecule has 0 spiro atoms. The molecule has 11 nitrogen and oxygen atoms in total. The lowest BCUT2D eigenvalue weighted by atomic mass is 9.99. The van der Waals surface area contributed by atoms with E-state index in [1.54, 1.807) is 6.08 Å². The summed E-state index contributed by atoms with van der Waals surface area (Å²) in [5.41, 5.74) is 0. The maximum Gasteiger partial charge on any atom is 0.306 e. The van der Waals surface area contributed by atoms with Crippen LogP contribution in [0.15, 0.2) is 48.6 Å². The summed E-state index contributed by atoms with van der Waals surface area (Å²) in [6.07, 6.45) is 77.4. The lowest BCUT2D eigenvalue weighted by Gasteiger charge is -2.41. The fourth-order valence-electron chi connectivity index (χ4n) is 12.7. The van der Waals surface area contributed by atoms with Crippen LogP contribution in [0.25, 0.3) is 0 Å². The van der Waals surface area contributed by atoms with E-state index in [2.05, 4.69) is 62.5 Å². The molecule has 6 N–H and O–H groups in total. The lowest BCUT2D eigenvalue weighted by molar-refractivity contribution is -0.305. The number of esters is 1. The first-order valence-corrected chi connectivity index (χ1v) is 39.9. The Labute approximate surface area is 567 Å². The van der Waals surface area contributed by atoms with Crippen molar-refractivity contribution in [1.29, 1.82) is 0 Å². The van der Waals surface area contributed by atoms with E-state index >= 15 is 0 Å². The largest absolute Gasteiger partial charge is 0.454 e. The van der Waals surface area contributed by atoms with Crippen LogP contribution in [0.1, 0.15) is 393 Å². The summed E-state index contributed by atoms with van der Waals surface area (Å²) in [4.78, 5) is 26.8. The fourth-order valence-corrected chi connectivity index (χ4v) is 12.7. The van der Waals surface area contributed by atoms with Crippen molar-refractivity contribution < 1.29 is 49.3 Å². The van der Waals surface area contributed by atoms with Crippen molar-refractivity contribution in [2.45, 2.75) is 442 Å². The summed E-state index contributed by atoms with van der Waals surface area (Å²) in [5.74, 6) is -1.18. The number of nitrogens with one attached hydrogen (secondary N) is 1. The van der Waals surface area contributed by atoms with E-state index in [4.69, 9.17) is 14.2 Å². The Morgan fingerprint density at radius 1 is 0.424 bits per heavy atom. The second-order valence-corrected chi connectivity index (χ2v) is 27.8. The predicted octanol–water partition coefficient (Wildman–Crippen LogP) is 21.5. The molecule has 1 saturated heterocycles. The third-order valence-electron chi connectivity index (χ3n) is 19.0. The van der Waals surface area contributed by atoms with Crippen LogP contribution >= 0.6 is 0 Å². The summed E-state index contributed by atoms with van der Waals surface area (Å²) in [7, 11) is 0. The van der Waals surface area contributed by atoms with Crippen LogP contribution in [0.5, 0.6) is 0 Å². The molecule has 540 valence electrons. The lowest BCUT2D eigenvalue weighted by Crippen LogP contribution is -2.61. The van der Waals surface area contributed by atoms with E-state index in [0.717, 1.165) is 64.2 Å². The Bertz CT molecular complexity index is 1690. The van der Waals surface area contributed by atoms with Gasteiger partial charge in [-0.05, 0) is 83.5 Å². The summed E-state index contributed by atoms with van der Waals surface area (Å²) < 4.78 is 17.8. The van der Waals surface area contributed by atoms with Crippen molar-refractivity contribution in [1.82, 2.24) is 5.32 Å². The zero-order valence-corrected chi connectivity index (χ0v) is 60.4. The van der Waals surface area contributed by atoms with Gasteiger partial charge in [0, 0.05) is 6.42 Å². The van der Waals surface area contributed by atoms with Gasteiger partial charge in [0.2, 0.25) is 5.91 Å². The van der Waals surface area contributed by atoms with Crippen molar-refractivity contribution in [2.24, 2.45) is 0 Å². The van der Waals surface area contributed by atoms with Gasteiger partial charge in [-0.15, -0.1) is 0 Å². The van der Waals surface area contributed by atoms with Crippen molar-refractivity contribution >= 4 is 11.9 Å². The van der Waals surface area contributed by atoms with Crippen LogP contribution < -0.4 is 5.32 Å². The van der Waals surface area contributed by atoms with Crippen molar-refractivity contribution in [3.8, 4) is 0 Å². The number of carbonyl (C=O) groups excluding carboxylic acids is 2. The minimum Gasteiger partial charge on any atom is -0.454 e. The van der Waals surface area contributed by atoms with Crippen LogP contribution in [0.3, 0.4) is 0 Å². The number of ether oxygens (including phenoxy) is 3. The normalized spacial score (nSPS) is 18.1. The van der Waals surface area contributed by atoms with Crippen LogP contribution in [0.2, 0.25) is 0 Å². The maximum atomic E-state index is 13.5. The van der Waals surface area contributed by atoms with Gasteiger partial charge >= 0.3 is 5.97 Å². The molecule has 0 aromatic carbocycles. The highest BCUT2D eigenvalue weighted by Gasteiger charge is 2.47. The van der Waals surface area contributed by atoms with E-state index in [9.17, 15) is 35.1 Å². The summed E-state index contributed by atoms with van der Waals surface area (Å²) in [6.45, 7) is 5.83. The number of allylic oxidation sites excluding steroid dienone is 7. The molecular formula is C81H151NO10. The number of aliphatic hydroxyl groups excluding tert-OH is 5. The van der Waals surface area contributed by atoms with Crippen LogP contribution in [0, 0.1) is 0 Å². The first-order valence-electron chi connectivity index (χ1n) is 39.9. The van der Waals surface area contributed by atoms with E-state index in [0.29, 0.717) is 19.3 Å². The number of carbonyl (C=O) groups is 2. The van der Waals surface area contributed by atoms with Gasteiger partial charge in [-0.1, -0.05) is 352 Å². The zero-order valence-electron chi connectivity index (χ0n) is 60.4. The average Bonchev–Trinajstić information content (AvgIpc) is 0.928. The van der Waals surface area contributed by atoms with Crippen LogP contribution in [-0.4, -0.2) is 99.6 Å². The second-order valence-electron chi connectivity index (χ2n) is 27.8. The van der Waals surface area contributed by atoms with E-state index in [1.165, 1.54) is 283 Å². The second kappa shape index (κ2) is 68.6. The predicted molar refractivity (Wildman–Crippen MR) is 389 cm³/mol. The van der Waals surface area contributed by atoms with Gasteiger partial charge in [-0.2, -0.15) is 0 Å². The first-order chi connectivity index (χ1) is 45.2. The van der Waals surface area contributed by atoms with Crippen molar-refractivity contribution in [2.75, 3.05) is 13.2 Å². The maximum absolute atomic E-state index is 13.5. The fraction of sp³-hybridized carbons (Fsp3) is 0.877. The molecular weight excluding hydrogens is 1150 g/mol. The van der Waals surface area contributed by atoms with Gasteiger partial charge in [-0.3, -0.25) is 9.59 Å². The van der Waals surface area contributed by atoms with Gasteiger partial charge in [0.15, 0.2) is 12.4 Å². The Kier molecular flexibility index (Phi) is 65.3. The molecule has 8 unspecified atom stereocenters. The average molecular weight is 1300 g/mol. The monoisotopic (exact) mass is 1300 g/mol. The van der Waals surface area contributed by atoms with Crippen LogP contribution in [-0.2, 0) is 23.8 Å². The molecule has 0 aromatic heterocycles. The topological polar surface area (TPSA) is 175 Å². The Morgan fingerprint density at radius 3 is 1.14 bits per heavy atom. The van der Waals surface area contributed by atoms with E-state index in [-0.39, 0.29) is 13.0 Å². The molecule has 0 saturated carbocycles. The number of hydrogen-bond donors (Lipinski definition) is 6.